The van der Waals surface area contributed by atoms with Crippen LogP contribution in [0.3, 0.4) is 0 Å². The number of benzene rings is 1. The van der Waals surface area contributed by atoms with E-state index in [1.54, 1.807) is 0 Å². The molecule has 0 saturated heterocycles. The average Bonchev–Trinajstić information content (AvgIpc) is 2.47. The maximum Gasteiger partial charge on any atom is 0.0488 e. The fourth-order valence-corrected chi connectivity index (χ4v) is 3.67. The second-order valence-electron chi connectivity index (χ2n) is 6.48. The van der Waals surface area contributed by atoms with Crippen LogP contribution >= 0.6 is 0 Å². The molecule has 1 saturated carbocycles. The topological polar surface area (TPSA) is 38.0 Å². The van der Waals surface area contributed by atoms with Gasteiger partial charge in [0.25, 0.3) is 0 Å². The summed E-state index contributed by atoms with van der Waals surface area (Å²) in [5.41, 5.74) is 5.74. The molecule has 0 spiro atoms. The average molecular weight is 274 g/mol. The fraction of sp³-hybridized carbons (Fsp3) is 0.667. The second-order valence-corrected chi connectivity index (χ2v) is 6.48. The van der Waals surface area contributed by atoms with Crippen LogP contribution in [0, 0.1) is 18.8 Å². The van der Waals surface area contributed by atoms with Crippen molar-refractivity contribution in [2.24, 2.45) is 17.7 Å². The van der Waals surface area contributed by atoms with Crippen molar-refractivity contribution in [3.8, 4) is 0 Å². The van der Waals surface area contributed by atoms with Gasteiger partial charge in [-0.3, -0.25) is 11.3 Å². The lowest BCUT2D eigenvalue weighted by molar-refractivity contribution is 0.213. The van der Waals surface area contributed by atoms with Crippen LogP contribution < -0.4 is 11.3 Å². The molecule has 1 aromatic rings. The molecule has 0 aliphatic heterocycles. The predicted molar refractivity (Wildman–Crippen MR) is 86.2 cm³/mol. The third-order valence-corrected chi connectivity index (χ3v) is 4.91. The van der Waals surface area contributed by atoms with Gasteiger partial charge < -0.3 is 0 Å². The zero-order valence-electron chi connectivity index (χ0n) is 13.1. The van der Waals surface area contributed by atoms with Crippen molar-refractivity contribution in [3.05, 3.63) is 35.4 Å². The SMILES string of the molecule is CCCCC1CCC(C(NN)c2cccc(C)c2)CC1. The lowest BCUT2D eigenvalue weighted by atomic mass is 9.75. The molecule has 2 nitrogen and oxygen atoms in total. The van der Waals surface area contributed by atoms with Crippen LogP contribution in [-0.2, 0) is 0 Å². The normalized spacial score (nSPS) is 24.6. The van der Waals surface area contributed by atoms with E-state index in [1.165, 1.54) is 56.1 Å². The van der Waals surface area contributed by atoms with Crippen LogP contribution in [0.1, 0.15) is 69.0 Å². The monoisotopic (exact) mass is 274 g/mol. The fourth-order valence-electron chi connectivity index (χ4n) is 3.67. The van der Waals surface area contributed by atoms with Gasteiger partial charge >= 0.3 is 0 Å². The summed E-state index contributed by atoms with van der Waals surface area (Å²) in [6.45, 7) is 4.44. The largest absolute Gasteiger partial charge is 0.271 e. The van der Waals surface area contributed by atoms with Crippen LogP contribution in [-0.4, -0.2) is 0 Å². The Morgan fingerprint density at radius 3 is 2.60 bits per heavy atom. The van der Waals surface area contributed by atoms with E-state index in [9.17, 15) is 0 Å². The van der Waals surface area contributed by atoms with Gasteiger partial charge in [-0.2, -0.15) is 0 Å². The van der Waals surface area contributed by atoms with Crippen LogP contribution in [0.15, 0.2) is 24.3 Å². The van der Waals surface area contributed by atoms with Crippen LogP contribution in [0.4, 0.5) is 0 Å². The summed E-state index contributed by atoms with van der Waals surface area (Å²) < 4.78 is 0. The van der Waals surface area contributed by atoms with E-state index in [0.29, 0.717) is 12.0 Å². The Labute approximate surface area is 124 Å². The highest BCUT2D eigenvalue weighted by atomic mass is 15.2. The summed E-state index contributed by atoms with van der Waals surface area (Å²) in [5, 5.41) is 0. The van der Waals surface area contributed by atoms with Crippen molar-refractivity contribution >= 4 is 0 Å². The van der Waals surface area contributed by atoms with Crippen LogP contribution in [0.5, 0.6) is 0 Å². The number of unbranched alkanes of at least 4 members (excludes halogenated alkanes) is 1. The summed E-state index contributed by atoms with van der Waals surface area (Å²) in [6, 6.07) is 9.09. The lowest BCUT2D eigenvalue weighted by Gasteiger charge is -2.34. The number of hydrogen-bond donors (Lipinski definition) is 2. The van der Waals surface area contributed by atoms with Gasteiger partial charge in [0, 0.05) is 6.04 Å². The quantitative estimate of drug-likeness (QED) is 0.592. The molecule has 1 unspecified atom stereocenters. The Morgan fingerprint density at radius 2 is 2.00 bits per heavy atom. The number of aryl methyl sites for hydroxylation is 1. The molecule has 2 heteroatoms. The first-order chi connectivity index (χ1) is 9.74. The molecule has 0 aromatic heterocycles. The van der Waals surface area contributed by atoms with Crippen LogP contribution in [0.25, 0.3) is 0 Å². The first-order valence-corrected chi connectivity index (χ1v) is 8.27. The highest BCUT2D eigenvalue weighted by molar-refractivity contribution is 5.25. The van der Waals surface area contributed by atoms with Gasteiger partial charge in [0.1, 0.15) is 0 Å². The molecule has 1 aliphatic rings. The second kappa shape index (κ2) is 7.80. The molecular weight excluding hydrogens is 244 g/mol. The number of nitrogens with two attached hydrogens (primary N) is 1. The van der Waals surface area contributed by atoms with Gasteiger partial charge in [-0.1, -0.05) is 68.9 Å². The minimum absolute atomic E-state index is 0.321. The van der Waals surface area contributed by atoms with Crippen molar-refractivity contribution in [2.45, 2.75) is 64.8 Å². The smallest absolute Gasteiger partial charge is 0.0488 e. The predicted octanol–water partition coefficient (Wildman–Crippen LogP) is 4.50. The Bertz CT molecular complexity index is 394. The molecular formula is C18H30N2. The lowest BCUT2D eigenvalue weighted by Crippen LogP contribution is -2.35. The van der Waals surface area contributed by atoms with Crippen molar-refractivity contribution < 1.29 is 0 Å². The van der Waals surface area contributed by atoms with Gasteiger partial charge in [0.05, 0.1) is 0 Å². The van der Waals surface area contributed by atoms with E-state index in [2.05, 4.69) is 43.5 Å². The van der Waals surface area contributed by atoms with Crippen molar-refractivity contribution in [2.75, 3.05) is 0 Å². The summed E-state index contributed by atoms with van der Waals surface area (Å²) in [7, 11) is 0. The summed E-state index contributed by atoms with van der Waals surface area (Å²) in [4.78, 5) is 0. The van der Waals surface area contributed by atoms with Gasteiger partial charge in [0.15, 0.2) is 0 Å². The number of hydrogen-bond acceptors (Lipinski definition) is 2. The standard InChI is InChI=1S/C18H30N2/c1-3-4-7-15-9-11-16(12-10-15)18(20-19)17-8-5-6-14(2)13-17/h5-6,8,13,15-16,18,20H,3-4,7,9-12,19H2,1-2H3. The molecule has 112 valence electrons. The van der Waals surface area contributed by atoms with E-state index >= 15 is 0 Å². The van der Waals surface area contributed by atoms with E-state index in [-0.39, 0.29) is 0 Å². The molecule has 1 aliphatic carbocycles. The Kier molecular flexibility index (Phi) is 6.06. The summed E-state index contributed by atoms with van der Waals surface area (Å²) >= 11 is 0. The first kappa shape index (κ1) is 15.5. The zero-order chi connectivity index (χ0) is 14.4. The molecule has 20 heavy (non-hydrogen) atoms. The van der Waals surface area contributed by atoms with E-state index in [0.717, 1.165) is 5.92 Å². The molecule has 2 rings (SSSR count). The first-order valence-electron chi connectivity index (χ1n) is 8.27. The van der Waals surface area contributed by atoms with Crippen molar-refractivity contribution in [1.82, 2.24) is 5.43 Å². The highest BCUT2D eigenvalue weighted by Crippen LogP contribution is 2.38. The maximum atomic E-state index is 5.85. The van der Waals surface area contributed by atoms with E-state index in [4.69, 9.17) is 5.84 Å². The minimum atomic E-state index is 0.321. The minimum Gasteiger partial charge on any atom is -0.271 e. The molecule has 0 radical (unpaired) electrons. The summed E-state index contributed by atoms with van der Waals surface area (Å²) in [6.07, 6.45) is 9.55. The third-order valence-electron chi connectivity index (χ3n) is 4.91. The Balaban J connectivity index is 1.93. The molecule has 1 fully saturated rings. The van der Waals surface area contributed by atoms with Crippen molar-refractivity contribution in [1.29, 1.82) is 0 Å². The number of hydrazine groups is 1. The highest BCUT2D eigenvalue weighted by Gasteiger charge is 2.27. The molecule has 0 heterocycles. The van der Waals surface area contributed by atoms with E-state index in [1.807, 2.05) is 0 Å². The van der Waals surface area contributed by atoms with Crippen molar-refractivity contribution in [3.63, 3.8) is 0 Å². The molecule has 0 bridgehead atoms. The number of nitrogens with one attached hydrogen (secondary N) is 1. The van der Waals surface area contributed by atoms with Gasteiger partial charge in [0.2, 0.25) is 0 Å². The summed E-state index contributed by atoms with van der Waals surface area (Å²) in [5.74, 6) is 7.51. The van der Waals surface area contributed by atoms with Gasteiger partial charge in [-0.15, -0.1) is 0 Å². The van der Waals surface area contributed by atoms with Gasteiger partial charge in [-0.25, -0.2) is 0 Å². The number of rotatable bonds is 6. The molecule has 3 N–H and O–H groups in total. The Hall–Kier alpha value is -0.860. The molecule has 1 aromatic carbocycles. The maximum absolute atomic E-state index is 5.85. The molecule has 0 amide bonds. The van der Waals surface area contributed by atoms with Crippen LogP contribution in [0.2, 0.25) is 0 Å². The van der Waals surface area contributed by atoms with Gasteiger partial charge in [-0.05, 0) is 37.2 Å². The zero-order valence-corrected chi connectivity index (χ0v) is 13.1. The molecule has 1 atom stereocenters. The third kappa shape index (κ3) is 4.07. The Morgan fingerprint density at radius 1 is 1.25 bits per heavy atom. The van der Waals surface area contributed by atoms with E-state index < -0.39 is 0 Å².